The normalized spacial score (nSPS) is 18.0. The second-order valence-corrected chi connectivity index (χ2v) is 6.10. The van der Waals surface area contributed by atoms with Crippen LogP contribution in [0.1, 0.15) is 31.0 Å². The van der Waals surface area contributed by atoms with Crippen molar-refractivity contribution in [1.82, 2.24) is 10.6 Å². The molecule has 1 aliphatic rings. The van der Waals surface area contributed by atoms with Crippen molar-refractivity contribution < 1.29 is 9.13 Å². The Bertz CT molecular complexity index is 532. The van der Waals surface area contributed by atoms with Crippen LogP contribution in [0.5, 0.6) is 0 Å². The number of rotatable bonds is 4. The molecule has 4 nitrogen and oxygen atoms in total. The highest BCUT2D eigenvalue weighted by Crippen LogP contribution is 2.25. The first kappa shape index (κ1) is 19.2. The van der Waals surface area contributed by atoms with Crippen LogP contribution in [0.15, 0.2) is 23.2 Å². The Morgan fingerprint density at radius 3 is 2.64 bits per heavy atom. The monoisotopic (exact) mass is 421 g/mol. The highest BCUT2D eigenvalue weighted by atomic mass is 127. The van der Waals surface area contributed by atoms with Crippen molar-refractivity contribution in [2.45, 2.75) is 26.8 Å². The van der Waals surface area contributed by atoms with Crippen LogP contribution in [0.4, 0.5) is 4.39 Å². The number of halogens is 2. The van der Waals surface area contributed by atoms with Crippen LogP contribution in [0, 0.1) is 18.2 Å². The smallest absolute Gasteiger partial charge is 0.191 e. The standard InChI is InChI=1S/C16H24FN3O.HI/c1-11-5-6-13(7-14(11)17)12(2)20-15(18-4)19-8-16(3)9-21-10-16;/h5-7,12H,8-10H2,1-4H3,(H2,18,19,20);1H. The van der Waals surface area contributed by atoms with Gasteiger partial charge in [0, 0.05) is 19.0 Å². The molecule has 2 N–H and O–H groups in total. The van der Waals surface area contributed by atoms with Crippen molar-refractivity contribution in [3.8, 4) is 0 Å². The Morgan fingerprint density at radius 2 is 2.14 bits per heavy atom. The maximum Gasteiger partial charge on any atom is 0.191 e. The van der Waals surface area contributed by atoms with Gasteiger partial charge in [0.2, 0.25) is 0 Å². The molecule has 1 aromatic carbocycles. The van der Waals surface area contributed by atoms with E-state index in [2.05, 4.69) is 22.5 Å². The summed E-state index contributed by atoms with van der Waals surface area (Å²) in [5, 5.41) is 6.59. The molecule has 1 heterocycles. The van der Waals surface area contributed by atoms with E-state index in [4.69, 9.17) is 4.74 Å². The number of aliphatic imine (C=N–C) groups is 1. The van der Waals surface area contributed by atoms with Gasteiger partial charge in [-0.05, 0) is 31.0 Å². The van der Waals surface area contributed by atoms with Crippen molar-refractivity contribution >= 4 is 29.9 Å². The van der Waals surface area contributed by atoms with Crippen molar-refractivity contribution in [2.75, 3.05) is 26.8 Å². The third-order valence-electron chi connectivity index (χ3n) is 3.86. The number of hydrogen-bond acceptors (Lipinski definition) is 2. The second kappa shape index (κ2) is 8.10. The number of hydrogen-bond donors (Lipinski definition) is 2. The first-order valence-corrected chi connectivity index (χ1v) is 7.24. The lowest BCUT2D eigenvalue weighted by Gasteiger charge is -2.38. The van der Waals surface area contributed by atoms with Crippen molar-refractivity contribution in [3.05, 3.63) is 35.1 Å². The summed E-state index contributed by atoms with van der Waals surface area (Å²) in [6, 6.07) is 5.29. The van der Waals surface area contributed by atoms with E-state index < -0.39 is 0 Å². The van der Waals surface area contributed by atoms with Gasteiger partial charge in [-0.1, -0.05) is 19.1 Å². The topological polar surface area (TPSA) is 45.7 Å². The van der Waals surface area contributed by atoms with Crippen LogP contribution < -0.4 is 10.6 Å². The molecule has 0 amide bonds. The van der Waals surface area contributed by atoms with Crippen molar-refractivity contribution in [3.63, 3.8) is 0 Å². The number of nitrogens with zero attached hydrogens (tertiary/aromatic N) is 1. The molecule has 0 radical (unpaired) electrons. The zero-order valence-corrected chi connectivity index (χ0v) is 15.9. The van der Waals surface area contributed by atoms with Gasteiger partial charge in [-0.2, -0.15) is 0 Å². The predicted octanol–water partition coefficient (Wildman–Crippen LogP) is 3.01. The average Bonchev–Trinajstić information content (AvgIpc) is 2.44. The molecule has 1 aromatic rings. The summed E-state index contributed by atoms with van der Waals surface area (Å²) >= 11 is 0. The molecular weight excluding hydrogens is 396 g/mol. The lowest BCUT2D eigenvalue weighted by Crippen LogP contribution is -2.51. The van der Waals surface area contributed by atoms with Gasteiger partial charge in [0.1, 0.15) is 5.82 Å². The van der Waals surface area contributed by atoms with E-state index in [-0.39, 0.29) is 41.3 Å². The molecule has 0 aromatic heterocycles. The fraction of sp³-hybridized carbons (Fsp3) is 0.562. The first-order valence-electron chi connectivity index (χ1n) is 7.24. The molecule has 124 valence electrons. The molecule has 1 aliphatic heterocycles. The summed E-state index contributed by atoms with van der Waals surface area (Å²) in [5.41, 5.74) is 1.74. The zero-order valence-electron chi connectivity index (χ0n) is 13.6. The minimum atomic E-state index is -0.178. The summed E-state index contributed by atoms with van der Waals surface area (Å²) < 4.78 is 18.9. The van der Waals surface area contributed by atoms with E-state index in [0.717, 1.165) is 31.3 Å². The third kappa shape index (κ3) is 4.81. The highest BCUT2D eigenvalue weighted by molar-refractivity contribution is 14.0. The van der Waals surface area contributed by atoms with Gasteiger partial charge in [0.05, 0.1) is 19.3 Å². The van der Waals surface area contributed by atoms with Crippen LogP contribution in [-0.2, 0) is 4.74 Å². The average molecular weight is 421 g/mol. The SMILES string of the molecule is CN=C(NCC1(C)COC1)NC(C)c1ccc(C)c(F)c1.I. The summed E-state index contributed by atoms with van der Waals surface area (Å²) in [6.45, 7) is 8.28. The molecule has 1 saturated heterocycles. The maximum atomic E-state index is 13.6. The van der Waals surface area contributed by atoms with E-state index in [9.17, 15) is 4.39 Å². The van der Waals surface area contributed by atoms with Crippen LogP contribution in [0.3, 0.4) is 0 Å². The van der Waals surface area contributed by atoms with Crippen molar-refractivity contribution in [1.29, 1.82) is 0 Å². The van der Waals surface area contributed by atoms with E-state index in [1.807, 2.05) is 13.0 Å². The Hall–Kier alpha value is -0.890. The number of ether oxygens (including phenoxy) is 1. The van der Waals surface area contributed by atoms with Gasteiger partial charge in [-0.25, -0.2) is 4.39 Å². The summed E-state index contributed by atoms with van der Waals surface area (Å²) in [4.78, 5) is 4.21. The Morgan fingerprint density at radius 1 is 1.45 bits per heavy atom. The quantitative estimate of drug-likeness (QED) is 0.447. The van der Waals surface area contributed by atoms with E-state index in [1.54, 1.807) is 26.1 Å². The van der Waals surface area contributed by atoms with Gasteiger partial charge in [-0.3, -0.25) is 4.99 Å². The lowest BCUT2D eigenvalue weighted by atomic mass is 9.89. The molecule has 2 rings (SSSR count). The number of benzene rings is 1. The molecule has 0 saturated carbocycles. The highest BCUT2D eigenvalue weighted by Gasteiger charge is 2.33. The summed E-state index contributed by atoms with van der Waals surface area (Å²) in [7, 11) is 1.73. The summed E-state index contributed by atoms with van der Waals surface area (Å²) in [6.07, 6.45) is 0. The van der Waals surface area contributed by atoms with E-state index in [1.165, 1.54) is 0 Å². The Balaban J connectivity index is 0.00000242. The van der Waals surface area contributed by atoms with Crippen LogP contribution in [-0.4, -0.2) is 32.8 Å². The zero-order chi connectivity index (χ0) is 15.5. The largest absolute Gasteiger partial charge is 0.380 e. The van der Waals surface area contributed by atoms with Gasteiger partial charge >= 0.3 is 0 Å². The molecule has 6 heteroatoms. The number of aryl methyl sites for hydroxylation is 1. The second-order valence-electron chi connectivity index (χ2n) is 6.10. The minimum absolute atomic E-state index is 0. The lowest BCUT2D eigenvalue weighted by molar-refractivity contribution is -0.0971. The Labute approximate surface area is 148 Å². The molecular formula is C16H25FIN3O. The third-order valence-corrected chi connectivity index (χ3v) is 3.86. The number of nitrogens with one attached hydrogen (secondary N) is 2. The fourth-order valence-corrected chi connectivity index (χ4v) is 2.21. The van der Waals surface area contributed by atoms with Gasteiger partial charge in [0.25, 0.3) is 0 Å². The van der Waals surface area contributed by atoms with E-state index in [0.29, 0.717) is 5.56 Å². The fourth-order valence-electron chi connectivity index (χ4n) is 2.21. The van der Waals surface area contributed by atoms with Crippen LogP contribution in [0.2, 0.25) is 0 Å². The summed E-state index contributed by atoms with van der Waals surface area (Å²) in [5.74, 6) is 0.542. The molecule has 1 unspecified atom stereocenters. The van der Waals surface area contributed by atoms with E-state index >= 15 is 0 Å². The Kier molecular flexibility index (Phi) is 7.05. The van der Waals surface area contributed by atoms with Gasteiger partial charge in [-0.15, -0.1) is 24.0 Å². The number of guanidine groups is 1. The van der Waals surface area contributed by atoms with Gasteiger partial charge in [0.15, 0.2) is 5.96 Å². The minimum Gasteiger partial charge on any atom is -0.380 e. The first-order chi connectivity index (χ1) is 9.93. The molecule has 1 fully saturated rings. The molecule has 1 atom stereocenters. The molecule has 22 heavy (non-hydrogen) atoms. The molecule has 0 spiro atoms. The molecule has 0 aliphatic carbocycles. The van der Waals surface area contributed by atoms with Gasteiger partial charge < -0.3 is 15.4 Å². The maximum absolute atomic E-state index is 13.6. The van der Waals surface area contributed by atoms with Crippen LogP contribution in [0.25, 0.3) is 0 Å². The van der Waals surface area contributed by atoms with Crippen LogP contribution >= 0.6 is 24.0 Å². The predicted molar refractivity (Wildman–Crippen MR) is 98.4 cm³/mol. The molecule has 0 bridgehead atoms. The van der Waals surface area contributed by atoms with Crippen molar-refractivity contribution in [2.24, 2.45) is 10.4 Å².